The minimum Gasteiger partial charge on any atom is -0.0843 e. The van der Waals surface area contributed by atoms with Crippen molar-refractivity contribution < 1.29 is 0 Å². The van der Waals surface area contributed by atoms with Crippen molar-refractivity contribution >= 4 is 0 Å². The fourth-order valence-corrected chi connectivity index (χ4v) is 3.41. The molecule has 0 aliphatic rings. The summed E-state index contributed by atoms with van der Waals surface area (Å²) >= 11 is 0. The molecule has 0 radical (unpaired) electrons. The van der Waals surface area contributed by atoms with E-state index in [0.717, 1.165) is 23.7 Å². The van der Waals surface area contributed by atoms with Gasteiger partial charge >= 0.3 is 0 Å². The van der Waals surface area contributed by atoms with E-state index in [9.17, 15) is 0 Å². The van der Waals surface area contributed by atoms with Crippen LogP contribution in [-0.2, 0) is 0 Å². The van der Waals surface area contributed by atoms with Crippen LogP contribution in [0, 0.1) is 35.5 Å². The zero-order valence-corrected chi connectivity index (χ0v) is 19.6. The van der Waals surface area contributed by atoms with Gasteiger partial charge in [0.1, 0.15) is 0 Å². The lowest BCUT2D eigenvalue weighted by molar-refractivity contribution is 0.366. The van der Waals surface area contributed by atoms with Crippen molar-refractivity contribution in [3.63, 3.8) is 0 Å². The standard InChI is InChI=1S/C27H48/c1-22(2)15-11-9-13-17-26(19-24(5)6)21-27(20-25(7)8)18-14-10-12-16-23(3)4/h9-14,17-18,22-27H,15-16,19-21H2,1-8H3/b11-9-,12-10-,17-13+,18-14+. The maximum absolute atomic E-state index is 2.45. The van der Waals surface area contributed by atoms with Gasteiger partial charge in [-0.1, -0.05) is 104 Å². The molecule has 0 aromatic heterocycles. The molecule has 0 saturated carbocycles. The predicted octanol–water partition coefficient (Wildman–Crippen LogP) is 9.02. The number of hydrogen-bond donors (Lipinski definition) is 0. The molecular formula is C27H48. The first-order valence-corrected chi connectivity index (χ1v) is 11.4. The molecule has 0 rings (SSSR count). The van der Waals surface area contributed by atoms with E-state index < -0.39 is 0 Å². The molecule has 0 N–H and O–H groups in total. The first kappa shape index (κ1) is 26.0. The van der Waals surface area contributed by atoms with Gasteiger partial charge in [0.15, 0.2) is 0 Å². The minimum absolute atomic E-state index is 0.668. The zero-order valence-electron chi connectivity index (χ0n) is 19.6. The Balaban J connectivity index is 4.91. The summed E-state index contributed by atoms with van der Waals surface area (Å²) in [5.41, 5.74) is 0. The maximum Gasteiger partial charge on any atom is -0.0222 e. The smallest absolute Gasteiger partial charge is 0.0222 e. The molecule has 0 heteroatoms. The Morgan fingerprint density at radius 2 is 0.815 bits per heavy atom. The summed E-state index contributed by atoms with van der Waals surface area (Å²) in [6, 6.07) is 0. The average Bonchev–Trinajstić information content (AvgIpc) is 2.52. The second kappa shape index (κ2) is 16.0. The van der Waals surface area contributed by atoms with E-state index in [-0.39, 0.29) is 0 Å². The molecule has 0 fully saturated rings. The maximum atomic E-state index is 2.45. The molecule has 0 aliphatic heterocycles. The van der Waals surface area contributed by atoms with Gasteiger partial charge in [0, 0.05) is 0 Å². The van der Waals surface area contributed by atoms with Crippen molar-refractivity contribution in [3.05, 3.63) is 48.6 Å². The Kier molecular flexibility index (Phi) is 15.3. The SMILES string of the molecule is CC(C)C/C=C\C=C\C(CC(C)C)CC(/C=C/C=C\CC(C)C)CC(C)C. The highest BCUT2D eigenvalue weighted by Crippen LogP contribution is 2.27. The third-order valence-electron chi connectivity index (χ3n) is 4.63. The molecule has 2 unspecified atom stereocenters. The molecule has 0 bridgehead atoms. The molecule has 156 valence electrons. The Morgan fingerprint density at radius 1 is 0.444 bits per heavy atom. The number of hydrogen-bond acceptors (Lipinski definition) is 0. The number of allylic oxidation sites excluding steroid dienone is 8. The summed E-state index contributed by atoms with van der Waals surface area (Å²) in [4.78, 5) is 0. The van der Waals surface area contributed by atoms with Gasteiger partial charge in [0.05, 0.1) is 0 Å². The molecule has 0 aromatic carbocycles. The van der Waals surface area contributed by atoms with Crippen LogP contribution in [0.3, 0.4) is 0 Å². The summed E-state index contributed by atoms with van der Waals surface area (Å²) in [7, 11) is 0. The summed E-state index contributed by atoms with van der Waals surface area (Å²) < 4.78 is 0. The van der Waals surface area contributed by atoms with E-state index in [4.69, 9.17) is 0 Å². The average molecular weight is 373 g/mol. The van der Waals surface area contributed by atoms with Gasteiger partial charge in [0.25, 0.3) is 0 Å². The van der Waals surface area contributed by atoms with Gasteiger partial charge in [-0.3, -0.25) is 0 Å². The molecule has 0 aromatic rings. The first-order chi connectivity index (χ1) is 12.7. The predicted molar refractivity (Wildman–Crippen MR) is 126 cm³/mol. The van der Waals surface area contributed by atoms with Crippen molar-refractivity contribution in [2.24, 2.45) is 35.5 Å². The van der Waals surface area contributed by atoms with Crippen LogP contribution >= 0.6 is 0 Å². The van der Waals surface area contributed by atoms with E-state index in [2.05, 4.69) is 104 Å². The van der Waals surface area contributed by atoms with Gasteiger partial charge < -0.3 is 0 Å². The Hall–Kier alpha value is -1.04. The van der Waals surface area contributed by atoms with Gasteiger partial charge in [-0.25, -0.2) is 0 Å². The van der Waals surface area contributed by atoms with Crippen LogP contribution < -0.4 is 0 Å². The summed E-state index contributed by atoms with van der Waals surface area (Å²) in [6.07, 6.45) is 24.7. The molecule has 2 atom stereocenters. The summed E-state index contributed by atoms with van der Waals surface area (Å²) in [6.45, 7) is 18.5. The zero-order chi connectivity index (χ0) is 20.7. The molecule has 0 aliphatic carbocycles. The fraction of sp³-hybridized carbons (Fsp3) is 0.704. The molecule has 0 saturated heterocycles. The third-order valence-corrected chi connectivity index (χ3v) is 4.63. The van der Waals surface area contributed by atoms with Crippen molar-refractivity contribution in [1.29, 1.82) is 0 Å². The molecule has 0 amide bonds. The molecular weight excluding hydrogens is 324 g/mol. The third kappa shape index (κ3) is 18.1. The van der Waals surface area contributed by atoms with E-state index in [1.54, 1.807) is 0 Å². The summed E-state index contributed by atoms with van der Waals surface area (Å²) in [5.74, 6) is 4.31. The van der Waals surface area contributed by atoms with Gasteiger partial charge in [0.2, 0.25) is 0 Å². The van der Waals surface area contributed by atoms with Crippen LogP contribution in [0.15, 0.2) is 48.6 Å². The lowest BCUT2D eigenvalue weighted by Crippen LogP contribution is -2.10. The van der Waals surface area contributed by atoms with Crippen molar-refractivity contribution in [2.75, 3.05) is 0 Å². The van der Waals surface area contributed by atoms with E-state index in [0.29, 0.717) is 11.8 Å². The molecule has 27 heavy (non-hydrogen) atoms. The minimum atomic E-state index is 0.668. The van der Waals surface area contributed by atoms with Crippen LogP contribution in [0.1, 0.15) is 87.5 Å². The molecule has 0 spiro atoms. The Labute approximate surface area is 171 Å². The quantitative estimate of drug-likeness (QED) is 0.267. The largest absolute Gasteiger partial charge is 0.0843 e. The van der Waals surface area contributed by atoms with Gasteiger partial charge in [-0.05, 0) is 67.6 Å². The van der Waals surface area contributed by atoms with Crippen molar-refractivity contribution in [2.45, 2.75) is 87.5 Å². The first-order valence-electron chi connectivity index (χ1n) is 11.4. The van der Waals surface area contributed by atoms with Crippen LogP contribution in [0.4, 0.5) is 0 Å². The van der Waals surface area contributed by atoms with Crippen molar-refractivity contribution in [1.82, 2.24) is 0 Å². The lowest BCUT2D eigenvalue weighted by Gasteiger charge is -2.22. The lowest BCUT2D eigenvalue weighted by atomic mass is 9.84. The van der Waals surface area contributed by atoms with Crippen LogP contribution in [0.25, 0.3) is 0 Å². The van der Waals surface area contributed by atoms with Crippen LogP contribution in [0.5, 0.6) is 0 Å². The topological polar surface area (TPSA) is 0 Å². The van der Waals surface area contributed by atoms with Crippen LogP contribution in [-0.4, -0.2) is 0 Å². The van der Waals surface area contributed by atoms with E-state index in [1.165, 1.54) is 32.1 Å². The fourth-order valence-electron chi connectivity index (χ4n) is 3.41. The highest BCUT2D eigenvalue weighted by Gasteiger charge is 2.15. The summed E-state index contributed by atoms with van der Waals surface area (Å²) in [5, 5.41) is 0. The Bertz CT molecular complexity index is 401. The van der Waals surface area contributed by atoms with Crippen molar-refractivity contribution in [3.8, 4) is 0 Å². The van der Waals surface area contributed by atoms with Gasteiger partial charge in [-0.2, -0.15) is 0 Å². The second-order valence-electron chi connectivity index (χ2n) is 9.90. The Morgan fingerprint density at radius 3 is 1.11 bits per heavy atom. The van der Waals surface area contributed by atoms with E-state index in [1.807, 2.05) is 0 Å². The highest BCUT2D eigenvalue weighted by molar-refractivity contribution is 5.08. The van der Waals surface area contributed by atoms with Crippen LogP contribution in [0.2, 0.25) is 0 Å². The normalized spacial score (nSPS) is 15.9. The molecule has 0 heterocycles. The van der Waals surface area contributed by atoms with Gasteiger partial charge in [-0.15, -0.1) is 0 Å². The monoisotopic (exact) mass is 372 g/mol. The van der Waals surface area contributed by atoms with E-state index >= 15 is 0 Å². The highest BCUT2D eigenvalue weighted by atomic mass is 14.2. The number of rotatable bonds is 14. The molecule has 0 nitrogen and oxygen atoms in total. The second-order valence-corrected chi connectivity index (χ2v) is 9.90.